The number of carbonyl (C=O) groups is 1. The molecular formula is C26H24ClN3O2. The van der Waals surface area contributed by atoms with E-state index in [-0.39, 0.29) is 18.5 Å². The number of aromatic nitrogens is 2. The Morgan fingerprint density at radius 2 is 1.72 bits per heavy atom. The summed E-state index contributed by atoms with van der Waals surface area (Å²) >= 11 is 6.24. The second-order valence-electron chi connectivity index (χ2n) is 7.85. The Morgan fingerprint density at radius 1 is 1.03 bits per heavy atom. The average Bonchev–Trinajstić information content (AvgIpc) is 2.80. The van der Waals surface area contributed by atoms with Crippen LogP contribution < -0.4 is 11.0 Å². The van der Waals surface area contributed by atoms with Gasteiger partial charge in [-0.3, -0.25) is 9.36 Å². The van der Waals surface area contributed by atoms with E-state index in [9.17, 15) is 9.59 Å². The van der Waals surface area contributed by atoms with Crippen LogP contribution in [-0.2, 0) is 17.8 Å². The van der Waals surface area contributed by atoms with Crippen molar-refractivity contribution in [2.75, 3.05) is 0 Å². The van der Waals surface area contributed by atoms with E-state index in [1.54, 1.807) is 18.2 Å². The van der Waals surface area contributed by atoms with Gasteiger partial charge < -0.3 is 5.32 Å². The second-order valence-corrected chi connectivity index (χ2v) is 8.29. The van der Waals surface area contributed by atoms with Gasteiger partial charge in [-0.15, -0.1) is 0 Å². The maximum Gasteiger partial charge on any atom is 0.349 e. The Labute approximate surface area is 191 Å². The Morgan fingerprint density at radius 3 is 2.44 bits per heavy atom. The van der Waals surface area contributed by atoms with Gasteiger partial charge in [0.25, 0.3) is 0 Å². The maximum absolute atomic E-state index is 12.9. The molecule has 0 saturated carbocycles. The molecule has 0 spiro atoms. The Balaban J connectivity index is 1.56. The van der Waals surface area contributed by atoms with Gasteiger partial charge in [-0.2, -0.15) is 4.98 Å². The van der Waals surface area contributed by atoms with E-state index in [0.717, 1.165) is 23.8 Å². The zero-order valence-electron chi connectivity index (χ0n) is 17.8. The third kappa shape index (κ3) is 5.06. The average molecular weight is 446 g/mol. The number of rotatable bonds is 7. The van der Waals surface area contributed by atoms with Crippen molar-refractivity contribution in [2.45, 2.75) is 32.4 Å². The minimum Gasteiger partial charge on any atom is -0.352 e. The van der Waals surface area contributed by atoms with Gasteiger partial charge in [0.05, 0.1) is 11.2 Å². The van der Waals surface area contributed by atoms with E-state index in [0.29, 0.717) is 16.2 Å². The van der Waals surface area contributed by atoms with Gasteiger partial charge in [-0.05, 0) is 43.5 Å². The number of halogens is 1. The topological polar surface area (TPSA) is 64.0 Å². The normalized spacial score (nSPS) is 11.9. The SMILES string of the molecule is C[C@H](CCc1ccccc1)NC(=O)Cn1c(=O)nc(-c2ccccc2)c2cc(Cl)ccc21. The van der Waals surface area contributed by atoms with Crippen molar-refractivity contribution in [1.82, 2.24) is 14.9 Å². The molecule has 0 bridgehead atoms. The molecule has 32 heavy (non-hydrogen) atoms. The molecule has 5 nitrogen and oxygen atoms in total. The summed E-state index contributed by atoms with van der Waals surface area (Å²) in [6.45, 7) is 1.87. The van der Waals surface area contributed by atoms with Gasteiger partial charge in [0, 0.05) is 22.0 Å². The largest absolute Gasteiger partial charge is 0.352 e. The minimum atomic E-state index is -0.467. The Bertz CT molecular complexity index is 1290. The third-order valence-electron chi connectivity index (χ3n) is 5.41. The lowest BCUT2D eigenvalue weighted by Crippen LogP contribution is -2.38. The van der Waals surface area contributed by atoms with Gasteiger partial charge in [-0.1, -0.05) is 72.3 Å². The predicted molar refractivity (Wildman–Crippen MR) is 129 cm³/mol. The van der Waals surface area contributed by atoms with Gasteiger partial charge in [0.2, 0.25) is 5.91 Å². The highest BCUT2D eigenvalue weighted by atomic mass is 35.5. The summed E-state index contributed by atoms with van der Waals surface area (Å²) in [7, 11) is 0. The van der Waals surface area contributed by atoms with Crippen molar-refractivity contribution in [1.29, 1.82) is 0 Å². The number of aryl methyl sites for hydroxylation is 1. The molecule has 1 heterocycles. The molecule has 162 valence electrons. The molecular weight excluding hydrogens is 422 g/mol. The molecule has 0 aliphatic carbocycles. The molecule has 4 rings (SSSR count). The maximum atomic E-state index is 12.9. The molecule has 0 aliphatic rings. The summed E-state index contributed by atoms with van der Waals surface area (Å²) < 4.78 is 1.40. The van der Waals surface area contributed by atoms with E-state index in [1.165, 1.54) is 10.1 Å². The van der Waals surface area contributed by atoms with E-state index in [1.807, 2.05) is 55.5 Å². The number of amides is 1. The lowest BCUT2D eigenvalue weighted by molar-refractivity contribution is -0.122. The van der Waals surface area contributed by atoms with Gasteiger partial charge in [0.15, 0.2) is 0 Å². The highest BCUT2D eigenvalue weighted by Gasteiger charge is 2.16. The summed E-state index contributed by atoms with van der Waals surface area (Å²) in [5, 5.41) is 4.27. The first-order valence-corrected chi connectivity index (χ1v) is 11.0. The first kappa shape index (κ1) is 21.8. The molecule has 3 aromatic carbocycles. The number of hydrogen-bond donors (Lipinski definition) is 1. The molecule has 0 fully saturated rings. The van der Waals surface area contributed by atoms with Crippen molar-refractivity contribution >= 4 is 28.4 Å². The minimum absolute atomic E-state index is 0.0179. The van der Waals surface area contributed by atoms with Crippen molar-refractivity contribution in [3.63, 3.8) is 0 Å². The molecule has 0 saturated heterocycles. The Hall–Kier alpha value is -3.44. The number of nitrogens with zero attached hydrogens (tertiary/aromatic N) is 2. The van der Waals surface area contributed by atoms with E-state index >= 15 is 0 Å². The molecule has 1 amide bonds. The molecule has 0 radical (unpaired) electrons. The van der Waals surface area contributed by atoms with Crippen LogP contribution in [0.5, 0.6) is 0 Å². The monoisotopic (exact) mass is 445 g/mol. The van der Waals surface area contributed by atoms with Gasteiger partial charge in [0.1, 0.15) is 6.54 Å². The quantitative estimate of drug-likeness (QED) is 0.442. The standard InChI is InChI=1S/C26H24ClN3O2/c1-18(12-13-19-8-4-2-5-9-19)28-24(31)17-30-23-15-14-21(27)16-22(23)25(29-26(30)32)20-10-6-3-7-11-20/h2-11,14-16,18H,12-13,17H2,1H3,(H,28,31)/t18-/m1/s1. The highest BCUT2D eigenvalue weighted by molar-refractivity contribution is 6.31. The van der Waals surface area contributed by atoms with Crippen molar-refractivity contribution in [3.8, 4) is 11.3 Å². The number of benzene rings is 3. The van der Waals surface area contributed by atoms with Crippen LogP contribution in [-0.4, -0.2) is 21.5 Å². The van der Waals surface area contributed by atoms with Gasteiger partial charge in [-0.25, -0.2) is 4.79 Å². The van der Waals surface area contributed by atoms with E-state index in [4.69, 9.17) is 11.6 Å². The zero-order valence-corrected chi connectivity index (χ0v) is 18.5. The lowest BCUT2D eigenvalue weighted by atomic mass is 10.1. The van der Waals surface area contributed by atoms with Crippen LogP contribution in [0.3, 0.4) is 0 Å². The predicted octanol–water partition coefficient (Wildman–Crippen LogP) is 4.85. The molecule has 4 aromatic rings. The Kier molecular flexibility index (Phi) is 6.66. The number of hydrogen-bond acceptors (Lipinski definition) is 3. The fraction of sp³-hybridized carbons (Fsp3) is 0.192. The molecule has 1 atom stereocenters. The van der Waals surface area contributed by atoms with E-state index < -0.39 is 5.69 Å². The summed E-state index contributed by atoms with van der Waals surface area (Å²) in [5.41, 5.74) is 2.77. The van der Waals surface area contributed by atoms with Crippen LogP contribution in [0, 0.1) is 0 Å². The molecule has 1 aromatic heterocycles. The van der Waals surface area contributed by atoms with Crippen molar-refractivity contribution < 1.29 is 4.79 Å². The first-order valence-electron chi connectivity index (χ1n) is 10.6. The lowest BCUT2D eigenvalue weighted by Gasteiger charge is -2.16. The van der Waals surface area contributed by atoms with E-state index in [2.05, 4.69) is 22.4 Å². The van der Waals surface area contributed by atoms with Crippen LogP contribution in [0.4, 0.5) is 0 Å². The number of fused-ring (bicyclic) bond motifs is 1. The van der Waals surface area contributed by atoms with Crippen LogP contribution >= 0.6 is 11.6 Å². The number of nitrogens with one attached hydrogen (secondary N) is 1. The summed E-state index contributed by atoms with van der Waals surface area (Å²) in [6.07, 6.45) is 1.68. The fourth-order valence-electron chi connectivity index (χ4n) is 3.79. The molecule has 1 N–H and O–H groups in total. The van der Waals surface area contributed by atoms with Gasteiger partial charge >= 0.3 is 5.69 Å². The number of carbonyl (C=O) groups excluding carboxylic acids is 1. The summed E-state index contributed by atoms with van der Waals surface area (Å²) in [5.74, 6) is -0.224. The van der Waals surface area contributed by atoms with Crippen molar-refractivity contribution in [2.24, 2.45) is 0 Å². The summed E-state index contributed by atoms with van der Waals surface area (Å²) in [4.78, 5) is 29.9. The fourth-order valence-corrected chi connectivity index (χ4v) is 3.96. The zero-order chi connectivity index (χ0) is 22.5. The smallest absolute Gasteiger partial charge is 0.349 e. The third-order valence-corrected chi connectivity index (χ3v) is 5.64. The first-order chi connectivity index (χ1) is 15.5. The second kappa shape index (κ2) is 9.79. The van der Waals surface area contributed by atoms with Crippen LogP contribution in [0.15, 0.2) is 83.7 Å². The molecule has 0 aliphatic heterocycles. The van der Waals surface area contributed by atoms with Crippen molar-refractivity contribution in [3.05, 3.63) is 99.9 Å². The molecule has 6 heteroatoms. The molecule has 0 unspecified atom stereocenters. The van der Waals surface area contributed by atoms with Crippen LogP contribution in [0.2, 0.25) is 5.02 Å². The van der Waals surface area contributed by atoms with Crippen LogP contribution in [0.1, 0.15) is 18.9 Å². The summed E-state index contributed by atoms with van der Waals surface area (Å²) in [6, 6.07) is 24.9. The van der Waals surface area contributed by atoms with Crippen LogP contribution in [0.25, 0.3) is 22.2 Å². The highest BCUT2D eigenvalue weighted by Crippen LogP contribution is 2.27.